The van der Waals surface area contributed by atoms with Crippen LogP contribution in [0.25, 0.3) is 0 Å². The number of aromatic nitrogens is 2. The zero-order valence-electron chi connectivity index (χ0n) is 18.4. The number of nitrogens with zero attached hydrogens (tertiary/aromatic N) is 3. The van der Waals surface area contributed by atoms with Crippen molar-refractivity contribution in [1.82, 2.24) is 20.2 Å². The normalized spacial score (nSPS) is 18.7. The minimum atomic E-state index is -0.0458. The van der Waals surface area contributed by atoms with Crippen LogP contribution in [0.2, 0.25) is 0 Å². The Kier molecular flexibility index (Phi) is 7.19. The maximum atomic E-state index is 12.5. The van der Waals surface area contributed by atoms with E-state index in [-0.39, 0.29) is 17.7 Å². The summed E-state index contributed by atoms with van der Waals surface area (Å²) in [6.07, 6.45) is 6.08. The van der Waals surface area contributed by atoms with Crippen LogP contribution in [0.4, 0.5) is 0 Å². The van der Waals surface area contributed by atoms with Gasteiger partial charge < -0.3 is 10.2 Å². The maximum absolute atomic E-state index is 12.5. The summed E-state index contributed by atoms with van der Waals surface area (Å²) in [5.74, 6) is 1.47. The molecule has 0 bridgehead atoms. The summed E-state index contributed by atoms with van der Waals surface area (Å²) in [6.45, 7) is 4.61. The highest BCUT2D eigenvalue weighted by atomic mass is 16.2. The molecule has 0 aliphatic heterocycles. The molecule has 6 heteroatoms. The van der Waals surface area contributed by atoms with Crippen LogP contribution in [0.15, 0.2) is 30.5 Å². The molecule has 0 saturated heterocycles. The van der Waals surface area contributed by atoms with E-state index in [0.29, 0.717) is 30.3 Å². The zero-order valence-corrected chi connectivity index (χ0v) is 18.4. The number of hydrogen-bond donors (Lipinski definition) is 1. The molecule has 1 aromatic carbocycles. The first-order valence-electron chi connectivity index (χ1n) is 10.7. The van der Waals surface area contributed by atoms with Crippen molar-refractivity contribution in [2.75, 3.05) is 20.6 Å². The average Bonchev–Trinajstić information content (AvgIpc) is 2.72. The number of nitrogens with one attached hydrogen (secondary N) is 1. The van der Waals surface area contributed by atoms with Gasteiger partial charge >= 0.3 is 0 Å². The molecule has 1 fully saturated rings. The van der Waals surface area contributed by atoms with Gasteiger partial charge in [0.2, 0.25) is 5.91 Å². The molecular weight excluding hydrogens is 376 g/mol. The Labute approximate surface area is 179 Å². The SMILES string of the molecule is Cc1cccc(CC(=O)NCC2CCC(c3nc(C)ncc3C(=O)N(C)C)CC2)c1. The second-order valence-corrected chi connectivity index (χ2v) is 8.60. The number of amides is 2. The van der Waals surface area contributed by atoms with Gasteiger partial charge in [0.05, 0.1) is 17.7 Å². The first kappa shape index (κ1) is 21.9. The highest BCUT2D eigenvalue weighted by Crippen LogP contribution is 2.36. The first-order valence-corrected chi connectivity index (χ1v) is 10.7. The van der Waals surface area contributed by atoms with Crippen molar-refractivity contribution in [3.63, 3.8) is 0 Å². The van der Waals surface area contributed by atoms with Crippen LogP contribution in [0.5, 0.6) is 0 Å². The minimum Gasteiger partial charge on any atom is -0.356 e. The number of rotatable bonds is 6. The number of aryl methyl sites for hydroxylation is 2. The molecule has 1 aliphatic carbocycles. The highest BCUT2D eigenvalue weighted by molar-refractivity contribution is 5.94. The van der Waals surface area contributed by atoms with E-state index in [1.54, 1.807) is 25.2 Å². The smallest absolute Gasteiger partial charge is 0.256 e. The van der Waals surface area contributed by atoms with Gasteiger partial charge in [-0.1, -0.05) is 29.8 Å². The summed E-state index contributed by atoms with van der Waals surface area (Å²) in [7, 11) is 3.50. The fourth-order valence-electron chi connectivity index (χ4n) is 4.17. The van der Waals surface area contributed by atoms with Crippen molar-refractivity contribution in [3.8, 4) is 0 Å². The largest absolute Gasteiger partial charge is 0.356 e. The molecule has 0 unspecified atom stereocenters. The molecule has 2 amide bonds. The number of benzene rings is 1. The van der Waals surface area contributed by atoms with Gasteiger partial charge in [0.15, 0.2) is 0 Å². The average molecular weight is 409 g/mol. The first-order chi connectivity index (χ1) is 14.3. The Morgan fingerprint density at radius 3 is 2.53 bits per heavy atom. The van der Waals surface area contributed by atoms with Gasteiger partial charge in [-0.25, -0.2) is 9.97 Å². The predicted octanol–water partition coefficient (Wildman–Crippen LogP) is 3.43. The lowest BCUT2D eigenvalue weighted by Crippen LogP contribution is -2.32. The van der Waals surface area contributed by atoms with Crippen LogP contribution in [-0.4, -0.2) is 47.3 Å². The fourth-order valence-corrected chi connectivity index (χ4v) is 4.17. The summed E-state index contributed by atoms with van der Waals surface area (Å²) in [6, 6.07) is 8.08. The van der Waals surface area contributed by atoms with Gasteiger partial charge in [-0.15, -0.1) is 0 Å². The van der Waals surface area contributed by atoms with Gasteiger partial charge in [-0.2, -0.15) is 0 Å². The van der Waals surface area contributed by atoms with E-state index in [1.807, 2.05) is 32.0 Å². The molecule has 1 aromatic heterocycles. The van der Waals surface area contributed by atoms with Gasteiger partial charge in [0.25, 0.3) is 5.91 Å². The lowest BCUT2D eigenvalue weighted by molar-refractivity contribution is -0.120. The van der Waals surface area contributed by atoms with E-state index >= 15 is 0 Å². The number of carbonyl (C=O) groups excluding carboxylic acids is 2. The Morgan fingerprint density at radius 2 is 1.87 bits per heavy atom. The quantitative estimate of drug-likeness (QED) is 0.795. The van der Waals surface area contributed by atoms with Gasteiger partial charge in [0.1, 0.15) is 5.82 Å². The molecule has 0 spiro atoms. The highest BCUT2D eigenvalue weighted by Gasteiger charge is 2.28. The molecule has 1 aliphatic rings. The van der Waals surface area contributed by atoms with Crippen molar-refractivity contribution in [2.24, 2.45) is 5.92 Å². The van der Waals surface area contributed by atoms with Crippen molar-refractivity contribution in [1.29, 1.82) is 0 Å². The lowest BCUT2D eigenvalue weighted by atomic mass is 9.79. The topological polar surface area (TPSA) is 75.2 Å². The molecule has 1 heterocycles. The van der Waals surface area contributed by atoms with E-state index in [1.165, 1.54) is 5.56 Å². The molecule has 0 atom stereocenters. The third-order valence-corrected chi connectivity index (χ3v) is 5.84. The Morgan fingerprint density at radius 1 is 1.13 bits per heavy atom. The number of carbonyl (C=O) groups is 2. The molecule has 2 aromatic rings. The third-order valence-electron chi connectivity index (χ3n) is 5.84. The van der Waals surface area contributed by atoms with Crippen molar-refractivity contribution < 1.29 is 9.59 Å². The summed E-state index contributed by atoms with van der Waals surface area (Å²) in [5.41, 5.74) is 3.71. The number of hydrogen-bond acceptors (Lipinski definition) is 4. The van der Waals surface area contributed by atoms with E-state index in [4.69, 9.17) is 0 Å². The molecule has 160 valence electrons. The van der Waals surface area contributed by atoms with Crippen LogP contribution < -0.4 is 5.32 Å². The van der Waals surface area contributed by atoms with Crippen LogP contribution in [0.3, 0.4) is 0 Å². The molecule has 0 radical (unpaired) electrons. The summed E-state index contributed by atoms with van der Waals surface area (Å²) in [5, 5.41) is 3.10. The third kappa shape index (κ3) is 5.65. The van der Waals surface area contributed by atoms with Crippen molar-refractivity contribution >= 4 is 11.8 Å². The minimum absolute atomic E-state index is 0.0458. The Balaban J connectivity index is 1.53. The lowest BCUT2D eigenvalue weighted by Gasteiger charge is -2.29. The second kappa shape index (κ2) is 9.83. The van der Waals surface area contributed by atoms with E-state index < -0.39 is 0 Å². The van der Waals surface area contributed by atoms with Gasteiger partial charge in [-0.05, 0) is 51.0 Å². The van der Waals surface area contributed by atoms with E-state index in [2.05, 4.69) is 21.4 Å². The standard InChI is InChI=1S/C24H32N4O2/c1-16-6-5-7-19(12-16)13-22(29)26-14-18-8-10-20(11-9-18)23-21(24(30)28(3)4)15-25-17(2)27-23/h5-7,12,15,18,20H,8-11,13-14H2,1-4H3,(H,26,29). The Hall–Kier alpha value is -2.76. The maximum Gasteiger partial charge on any atom is 0.256 e. The van der Waals surface area contributed by atoms with Gasteiger partial charge in [0, 0.05) is 32.8 Å². The summed E-state index contributed by atoms with van der Waals surface area (Å²) < 4.78 is 0. The van der Waals surface area contributed by atoms with Crippen LogP contribution in [0.1, 0.15) is 64.6 Å². The molecule has 6 nitrogen and oxygen atoms in total. The van der Waals surface area contributed by atoms with Crippen LogP contribution >= 0.6 is 0 Å². The van der Waals surface area contributed by atoms with Crippen molar-refractivity contribution in [2.45, 2.75) is 51.9 Å². The van der Waals surface area contributed by atoms with Gasteiger partial charge in [-0.3, -0.25) is 9.59 Å². The zero-order chi connectivity index (χ0) is 21.7. The van der Waals surface area contributed by atoms with E-state index in [0.717, 1.165) is 36.9 Å². The van der Waals surface area contributed by atoms with Crippen LogP contribution in [-0.2, 0) is 11.2 Å². The monoisotopic (exact) mass is 408 g/mol. The molecular formula is C24H32N4O2. The van der Waals surface area contributed by atoms with Crippen LogP contribution in [0, 0.1) is 19.8 Å². The molecule has 1 N–H and O–H groups in total. The molecule has 30 heavy (non-hydrogen) atoms. The molecule has 1 saturated carbocycles. The summed E-state index contributed by atoms with van der Waals surface area (Å²) >= 11 is 0. The van der Waals surface area contributed by atoms with E-state index in [9.17, 15) is 9.59 Å². The molecule has 3 rings (SSSR count). The predicted molar refractivity (Wildman–Crippen MR) is 117 cm³/mol. The second-order valence-electron chi connectivity index (χ2n) is 8.60. The Bertz CT molecular complexity index is 902. The van der Waals surface area contributed by atoms with Crippen molar-refractivity contribution in [3.05, 3.63) is 58.7 Å². The fraction of sp³-hybridized carbons (Fsp3) is 0.500. The summed E-state index contributed by atoms with van der Waals surface area (Å²) in [4.78, 5) is 35.3.